The summed E-state index contributed by atoms with van der Waals surface area (Å²) in [6.07, 6.45) is -2.30. The van der Waals surface area contributed by atoms with Gasteiger partial charge in [0.25, 0.3) is 0 Å². The van der Waals surface area contributed by atoms with Crippen molar-refractivity contribution < 1.29 is 51.9 Å². The van der Waals surface area contributed by atoms with Crippen LogP contribution in [0.15, 0.2) is 53.4 Å². The van der Waals surface area contributed by atoms with Crippen molar-refractivity contribution in [1.82, 2.24) is 14.5 Å². The summed E-state index contributed by atoms with van der Waals surface area (Å²) >= 11 is 0. The van der Waals surface area contributed by atoms with Crippen LogP contribution in [0.2, 0.25) is 0 Å². The lowest BCUT2D eigenvalue weighted by molar-refractivity contribution is -0.273. The van der Waals surface area contributed by atoms with Crippen LogP contribution in [-0.2, 0) is 30.7 Å². The number of amides is 2. The minimum absolute atomic E-state index is 0.0191. The van der Waals surface area contributed by atoms with E-state index in [4.69, 9.17) is 23.7 Å². The number of sulfonamides is 1. The summed E-state index contributed by atoms with van der Waals surface area (Å²) in [5.41, 5.74) is 0.131. The zero-order chi connectivity index (χ0) is 35.2. The number of fused-ring (bicyclic) bond motifs is 2. The Morgan fingerprint density at radius 3 is 2.61 bits per heavy atom. The minimum atomic E-state index is -4.27. The molecule has 3 heterocycles. The molecule has 3 aliphatic rings. The Labute approximate surface area is 287 Å². The van der Waals surface area contributed by atoms with Gasteiger partial charge >= 0.3 is 6.09 Å². The second-order valence-electron chi connectivity index (χ2n) is 13.3. The summed E-state index contributed by atoms with van der Waals surface area (Å²) in [6.45, 7) is 6.10. The summed E-state index contributed by atoms with van der Waals surface area (Å²) in [5, 5.41) is 27.6. The van der Waals surface area contributed by atoms with Crippen molar-refractivity contribution in [1.29, 1.82) is 0 Å². The number of carboxylic acid groups (broad SMARTS) is 1. The third-order valence-electron chi connectivity index (χ3n) is 9.22. The van der Waals surface area contributed by atoms with E-state index in [1.165, 1.54) is 22.5 Å². The Kier molecular flexibility index (Phi) is 11.9. The molecule has 0 bridgehead atoms. The van der Waals surface area contributed by atoms with Crippen LogP contribution < -0.4 is 19.9 Å². The van der Waals surface area contributed by atoms with Gasteiger partial charge in [0, 0.05) is 31.6 Å². The van der Waals surface area contributed by atoms with Crippen LogP contribution in [0.4, 0.5) is 9.59 Å². The second-order valence-corrected chi connectivity index (χ2v) is 15.3. The van der Waals surface area contributed by atoms with E-state index in [-0.39, 0.29) is 49.5 Å². The van der Waals surface area contributed by atoms with E-state index in [9.17, 15) is 28.2 Å². The molecule has 5 rings (SSSR count). The number of aliphatic hydroxyl groups is 1. The topological polar surface area (TPSA) is 176 Å². The third-order valence-corrected chi connectivity index (χ3v) is 11.0. The van der Waals surface area contributed by atoms with Gasteiger partial charge < -0.3 is 48.9 Å². The first-order chi connectivity index (χ1) is 23.4. The van der Waals surface area contributed by atoms with Crippen molar-refractivity contribution >= 4 is 22.2 Å². The van der Waals surface area contributed by atoms with Gasteiger partial charge in [-0.15, -0.1) is 0 Å². The molecule has 0 radical (unpaired) electrons. The molecule has 2 fully saturated rings. The van der Waals surface area contributed by atoms with Crippen LogP contribution in [-0.4, -0.2) is 106 Å². The maximum Gasteiger partial charge on any atom is 0.407 e. The first-order valence-corrected chi connectivity index (χ1v) is 18.1. The number of ether oxygens (including phenoxy) is 5. The van der Waals surface area contributed by atoms with Crippen LogP contribution in [0.3, 0.4) is 0 Å². The van der Waals surface area contributed by atoms with Gasteiger partial charge in [-0.25, -0.2) is 13.2 Å². The van der Waals surface area contributed by atoms with Gasteiger partial charge in [0.15, 0.2) is 17.8 Å². The Balaban J connectivity index is 1.44. The number of hydrogen-bond donors (Lipinski definition) is 2. The molecule has 0 saturated carbocycles. The van der Waals surface area contributed by atoms with Crippen molar-refractivity contribution in [2.45, 2.75) is 75.8 Å². The monoisotopic (exact) mass is 704 g/mol. The summed E-state index contributed by atoms with van der Waals surface area (Å²) in [4.78, 5) is 25.7. The van der Waals surface area contributed by atoms with Gasteiger partial charge in [0.2, 0.25) is 16.8 Å². The smallest absolute Gasteiger partial charge is 0.407 e. The summed E-state index contributed by atoms with van der Waals surface area (Å²) in [6, 6.07) is 11.7. The van der Waals surface area contributed by atoms with Gasteiger partial charge in [0.05, 0.1) is 42.9 Å². The van der Waals surface area contributed by atoms with Crippen LogP contribution >= 0.6 is 0 Å². The molecule has 0 aromatic heterocycles. The van der Waals surface area contributed by atoms with Gasteiger partial charge in [-0.1, -0.05) is 44.2 Å². The van der Waals surface area contributed by atoms with E-state index in [2.05, 4.69) is 5.32 Å². The second kappa shape index (κ2) is 15.9. The standard InChI is InChI=1S/C34H47N3O11S/c1-4-44-32(39)35-15-8-14-34(2,3)21-36(49(42,43)24-11-12-29-30(18-24)48-22-47-29)19-28(38)26(17-23-9-6-5-7-10-23)37(33(40)41)27-20-46-31-25(27)13-16-45-31/h5-7,9-12,18,25-28,31,38H,4,8,13-17,19-22H2,1-3H3,(H,35,39)(H,40,41)/p-1/t25-,26-,27-,28+,31+/m0/s1. The Morgan fingerprint density at radius 2 is 1.88 bits per heavy atom. The number of nitrogens with zero attached hydrogens (tertiary/aromatic N) is 2. The highest BCUT2D eigenvalue weighted by molar-refractivity contribution is 7.89. The van der Waals surface area contributed by atoms with Crippen LogP contribution in [0.5, 0.6) is 11.5 Å². The van der Waals surface area contributed by atoms with Crippen LogP contribution in [0.1, 0.15) is 45.6 Å². The molecule has 49 heavy (non-hydrogen) atoms. The highest BCUT2D eigenvalue weighted by atomic mass is 32.2. The van der Waals surface area contributed by atoms with Crippen molar-refractivity contribution in [2.75, 3.05) is 46.2 Å². The van der Waals surface area contributed by atoms with Crippen molar-refractivity contribution in [2.24, 2.45) is 11.3 Å². The molecule has 2 saturated heterocycles. The number of alkyl carbamates (subject to hydrolysis) is 1. The summed E-state index contributed by atoms with van der Waals surface area (Å²) in [5.74, 6) is 0.449. The maximum atomic E-state index is 14.4. The molecule has 270 valence electrons. The fourth-order valence-corrected chi connectivity index (χ4v) is 8.44. The van der Waals surface area contributed by atoms with Gasteiger partial charge in [0.1, 0.15) is 6.09 Å². The molecular weight excluding hydrogens is 658 g/mol. The van der Waals surface area contributed by atoms with E-state index >= 15 is 0 Å². The number of aliphatic hydroxyl groups excluding tert-OH is 1. The average Bonchev–Trinajstić information content (AvgIpc) is 3.81. The molecule has 0 aliphatic carbocycles. The normalized spacial score (nSPS) is 21.3. The van der Waals surface area contributed by atoms with E-state index < -0.39 is 58.6 Å². The quantitative estimate of drug-likeness (QED) is 0.245. The molecule has 14 nitrogen and oxygen atoms in total. The largest absolute Gasteiger partial charge is 0.530 e. The summed E-state index contributed by atoms with van der Waals surface area (Å²) < 4.78 is 57.2. The SMILES string of the molecule is CCOC(=O)NCCCC(C)(C)CN(C[C@@H](O)[C@H](Cc1ccccc1)N(C(=O)[O-])[C@H]1CO[C@H]2OCC[C@H]21)S(=O)(=O)c1ccc2c(c1)OCO2. The molecule has 0 unspecified atom stereocenters. The molecule has 2 aromatic carbocycles. The van der Waals surface area contributed by atoms with E-state index in [1.807, 2.05) is 44.2 Å². The zero-order valence-corrected chi connectivity index (χ0v) is 28.9. The third kappa shape index (κ3) is 8.94. The van der Waals surface area contributed by atoms with Gasteiger partial charge in [-0.05, 0) is 55.7 Å². The van der Waals surface area contributed by atoms with Crippen molar-refractivity contribution in [3.8, 4) is 11.5 Å². The number of benzene rings is 2. The lowest BCUT2D eigenvalue weighted by atomic mass is 9.87. The van der Waals surface area contributed by atoms with Crippen LogP contribution in [0.25, 0.3) is 0 Å². The minimum Gasteiger partial charge on any atom is -0.530 e. The lowest BCUT2D eigenvalue weighted by Crippen LogP contribution is -2.61. The van der Waals surface area contributed by atoms with Crippen molar-refractivity contribution in [3.63, 3.8) is 0 Å². The molecular formula is C34H46N3O11S-. The summed E-state index contributed by atoms with van der Waals surface area (Å²) in [7, 11) is -4.27. The zero-order valence-electron chi connectivity index (χ0n) is 28.1. The van der Waals surface area contributed by atoms with E-state index in [0.717, 1.165) is 10.5 Å². The van der Waals surface area contributed by atoms with E-state index in [0.29, 0.717) is 38.2 Å². The highest BCUT2D eigenvalue weighted by Crippen LogP contribution is 2.38. The fourth-order valence-electron chi connectivity index (χ4n) is 6.78. The highest BCUT2D eigenvalue weighted by Gasteiger charge is 2.47. The average molecular weight is 705 g/mol. The van der Waals surface area contributed by atoms with Gasteiger partial charge in [-0.2, -0.15) is 4.31 Å². The fraction of sp³-hybridized carbons (Fsp3) is 0.588. The Hall–Kier alpha value is -3.63. The van der Waals surface area contributed by atoms with Gasteiger partial charge in [-0.3, -0.25) is 0 Å². The molecule has 15 heteroatoms. The molecule has 2 aromatic rings. The first kappa shape index (κ1) is 36.6. The maximum absolute atomic E-state index is 14.4. The molecule has 5 atom stereocenters. The van der Waals surface area contributed by atoms with E-state index in [1.54, 1.807) is 6.92 Å². The Morgan fingerprint density at radius 1 is 1.12 bits per heavy atom. The number of carbonyl (C=O) groups is 2. The molecule has 3 aliphatic heterocycles. The Bertz CT molecular complexity index is 1540. The molecule has 2 amide bonds. The predicted molar refractivity (Wildman–Crippen MR) is 174 cm³/mol. The molecule has 2 N–H and O–H groups in total. The predicted octanol–water partition coefficient (Wildman–Crippen LogP) is 2.34. The number of hydrogen-bond acceptors (Lipinski definition) is 11. The van der Waals surface area contributed by atoms with Crippen molar-refractivity contribution in [3.05, 3.63) is 54.1 Å². The van der Waals surface area contributed by atoms with Crippen LogP contribution in [0, 0.1) is 11.3 Å². The number of rotatable bonds is 16. The lowest BCUT2D eigenvalue weighted by Gasteiger charge is -2.43. The molecule has 0 spiro atoms. The first-order valence-electron chi connectivity index (χ1n) is 16.6. The number of nitrogens with one attached hydrogen (secondary N) is 1. The number of carbonyl (C=O) groups excluding carboxylic acids is 2.